The summed E-state index contributed by atoms with van der Waals surface area (Å²) in [6, 6.07) is 1.52. The number of nitrogens with one attached hydrogen (secondary N) is 2. The van der Waals surface area contributed by atoms with E-state index in [2.05, 4.69) is 10.6 Å². The van der Waals surface area contributed by atoms with Crippen LogP contribution in [0.4, 0.5) is 4.79 Å². The van der Waals surface area contributed by atoms with E-state index in [9.17, 15) is 14.4 Å². The van der Waals surface area contributed by atoms with Crippen LogP contribution in [-0.4, -0.2) is 34.8 Å². The van der Waals surface area contributed by atoms with Gasteiger partial charge < -0.3 is 10.6 Å². The Morgan fingerprint density at radius 1 is 1.17 bits per heavy atom. The number of aryl methyl sites for hydroxylation is 1. The van der Waals surface area contributed by atoms with Gasteiger partial charge in [-0.2, -0.15) is 0 Å². The molecule has 154 valence electrons. The van der Waals surface area contributed by atoms with Gasteiger partial charge in [0, 0.05) is 16.0 Å². The van der Waals surface area contributed by atoms with Gasteiger partial charge in [0.2, 0.25) is 5.91 Å². The molecule has 0 radical (unpaired) electrons. The highest BCUT2D eigenvalue weighted by Gasteiger charge is 2.55. The van der Waals surface area contributed by atoms with Crippen LogP contribution in [0.5, 0.6) is 0 Å². The molecular weight excluding hydrogens is 386 g/mol. The number of imide groups is 1. The van der Waals surface area contributed by atoms with E-state index in [4.69, 9.17) is 0 Å². The Kier molecular flexibility index (Phi) is 3.75. The van der Waals surface area contributed by atoms with E-state index in [1.54, 1.807) is 11.3 Å². The Morgan fingerprint density at radius 2 is 1.86 bits per heavy atom. The second kappa shape index (κ2) is 6.06. The molecule has 0 aromatic carbocycles. The van der Waals surface area contributed by atoms with E-state index in [0.29, 0.717) is 6.42 Å². The molecule has 1 spiro atoms. The maximum atomic E-state index is 13.3. The monoisotopic (exact) mass is 413 g/mol. The minimum atomic E-state index is -0.967. The Bertz CT molecular complexity index is 874. The first-order chi connectivity index (χ1) is 14.0. The molecule has 2 heterocycles. The SMILES string of the molecule is O=C(CN1C(=O)N[C@@]2(CCCc3sccc32)C1=O)NC12CC3CC(CC(C3)C1)C2. The summed E-state index contributed by atoms with van der Waals surface area (Å²) in [5.41, 5.74) is -0.143. The number of amides is 4. The van der Waals surface area contributed by atoms with Crippen LogP contribution in [0.2, 0.25) is 0 Å². The van der Waals surface area contributed by atoms with Crippen LogP contribution in [0.1, 0.15) is 61.8 Å². The van der Waals surface area contributed by atoms with Crippen LogP contribution in [0.25, 0.3) is 0 Å². The molecule has 5 aliphatic carbocycles. The summed E-state index contributed by atoms with van der Waals surface area (Å²) in [7, 11) is 0. The Balaban J connectivity index is 1.20. The molecule has 1 aromatic rings. The average Bonchev–Trinajstić information content (AvgIpc) is 3.21. The summed E-state index contributed by atoms with van der Waals surface area (Å²) in [5.74, 6) is 1.76. The van der Waals surface area contributed by atoms with Crippen LogP contribution < -0.4 is 10.6 Å². The molecule has 1 aliphatic heterocycles. The fourth-order valence-electron chi connectivity index (χ4n) is 7.43. The molecule has 1 aromatic heterocycles. The molecule has 7 heteroatoms. The van der Waals surface area contributed by atoms with Crippen molar-refractivity contribution in [2.75, 3.05) is 6.54 Å². The molecule has 1 atom stereocenters. The van der Waals surface area contributed by atoms with Gasteiger partial charge in [-0.15, -0.1) is 11.3 Å². The highest BCUT2D eigenvalue weighted by Crippen LogP contribution is 2.55. The fraction of sp³-hybridized carbons (Fsp3) is 0.682. The average molecular weight is 414 g/mol. The number of carbonyl (C=O) groups is 3. The van der Waals surface area contributed by atoms with E-state index in [-0.39, 0.29) is 23.9 Å². The molecule has 2 N–H and O–H groups in total. The lowest BCUT2D eigenvalue weighted by Crippen LogP contribution is -2.61. The van der Waals surface area contributed by atoms with Crippen molar-refractivity contribution in [2.24, 2.45) is 17.8 Å². The van der Waals surface area contributed by atoms with Gasteiger partial charge in [-0.25, -0.2) is 4.79 Å². The van der Waals surface area contributed by atoms with E-state index < -0.39 is 11.6 Å². The third-order valence-electron chi connectivity index (χ3n) is 8.08. The minimum absolute atomic E-state index is 0.103. The van der Waals surface area contributed by atoms with Gasteiger partial charge in [0.05, 0.1) is 0 Å². The highest BCUT2D eigenvalue weighted by molar-refractivity contribution is 7.10. The first-order valence-electron chi connectivity index (χ1n) is 11.0. The summed E-state index contributed by atoms with van der Waals surface area (Å²) < 4.78 is 0. The first kappa shape index (κ1) is 17.9. The van der Waals surface area contributed by atoms with Crippen molar-refractivity contribution in [2.45, 2.75) is 68.9 Å². The number of urea groups is 1. The second-order valence-electron chi connectivity index (χ2n) is 10.1. The van der Waals surface area contributed by atoms with Crippen LogP contribution >= 0.6 is 11.3 Å². The zero-order valence-electron chi connectivity index (χ0n) is 16.5. The Hall–Kier alpha value is -1.89. The van der Waals surface area contributed by atoms with E-state index in [1.807, 2.05) is 11.4 Å². The van der Waals surface area contributed by atoms with Gasteiger partial charge in [0.1, 0.15) is 12.1 Å². The number of carbonyl (C=O) groups excluding carboxylic acids is 3. The standard InChI is InChI=1S/C22H27N3O3S/c26-18(23-21-9-13-6-14(10-21)8-15(7-13)11-21)12-25-19(27)22(24-20(25)28)4-1-2-17-16(22)3-5-29-17/h3,5,13-15H,1-2,4,6-12H2,(H,23,26)(H,24,28)/t13?,14?,15?,21?,22-/m1/s1. The summed E-state index contributed by atoms with van der Waals surface area (Å²) in [4.78, 5) is 41.3. The number of rotatable bonds is 3. The quantitative estimate of drug-likeness (QED) is 0.748. The highest BCUT2D eigenvalue weighted by atomic mass is 32.1. The lowest BCUT2D eigenvalue weighted by molar-refractivity contribution is -0.137. The van der Waals surface area contributed by atoms with Gasteiger partial charge in [-0.1, -0.05) is 0 Å². The Labute approximate surface area is 174 Å². The second-order valence-corrected chi connectivity index (χ2v) is 11.1. The molecule has 4 saturated carbocycles. The number of hydrogen-bond donors (Lipinski definition) is 2. The smallest absolute Gasteiger partial charge is 0.325 e. The van der Waals surface area contributed by atoms with Crippen molar-refractivity contribution >= 4 is 29.2 Å². The molecule has 5 fully saturated rings. The maximum absolute atomic E-state index is 13.3. The van der Waals surface area contributed by atoms with Crippen LogP contribution in [0.15, 0.2) is 11.4 Å². The maximum Gasteiger partial charge on any atom is 0.325 e. The molecule has 1 saturated heterocycles. The van der Waals surface area contributed by atoms with Gasteiger partial charge >= 0.3 is 6.03 Å². The molecular formula is C22H27N3O3S. The summed E-state index contributed by atoms with van der Waals surface area (Å²) >= 11 is 1.64. The lowest BCUT2D eigenvalue weighted by Gasteiger charge is -2.56. The molecule has 4 amide bonds. The topological polar surface area (TPSA) is 78.5 Å². The number of nitrogens with zero attached hydrogens (tertiary/aromatic N) is 1. The van der Waals surface area contributed by atoms with E-state index in [0.717, 1.165) is 60.3 Å². The molecule has 4 bridgehead atoms. The van der Waals surface area contributed by atoms with Crippen molar-refractivity contribution in [3.05, 3.63) is 21.9 Å². The zero-order chi connectivity index (χ0) is 19.8. The summed E-state index contributed by atoms with van der Waals surface area (Å²) in [5, 5.41) is 8.21. The molecule has 0 unspecified atom stereocenters. The first-order valence-corrected chi connectivity index (χ1v) is 11.9. The van der Waals surface area contributed by atoms with Gasteiger partial charge in [-0.3, -0.25) is 14.5 Å². The van der Waals surface area contributed by atoms with E-state index >= 15 is 0 Å². The number of hydrogen-bond acceptors (Lipinski definition) is 4. The fourth-order valence-corrected chi connectivity index (χ4v) is 8.43. The molecule has 7 rings (SSSR count). The minimum Gasteiger partial charge on any atom is -0.349 e. The van der Waals surface area contributed by atoms with Gasteiger partial charge in [0.15, 0.2) is 0 Å². The van der Waals surface area contributed by atoms with Gasteiger partial charge in [0.25, 0.3) is 5.91 Å². The van der Waals surface area contributed by atoms with E-state index in [1.165, 1.54) is 24.1 Å². The summed E-state index contributed by atoms with van der Waals surface area (Å²) in [6.07, 6.45) is 9.55. The zero-order valence-corrected chi connectivity index (χ0v) is 17.4. The van der Waals surface area contributed by atoms with Crippen molar-refractivity contribution in [1.82, 2.24) is 15.5 Å². The predicted octanol–water partition coefficient (Wildman–Crippen LogP) is 2.92. The summed E-state index contributed by atoms with van der Waals surface area (Å²) in [6.45, 7) is -0.173. The normalized spacial score (nSPS) is 39.7. The van der Waals surface area contributed by atoms with Crippen LogP contribution in [0, 0.1) is 17.8 Å². The Morgan fingerprint density at radius 3 is 2.55 bits per heavy atom. The number of thiophene rings is 1. The van der Waals surface area contributed by atoms with Gasteiger partial charge in [-0.05, 0) is 87.0 Å². The predicted molar refractivity (Wildman–Crippen MR) is 108 cm³/mol. The van der Waals surface area contributed by atoms with Crippen molar-refractivity contribution in [1.29, 1.82) is 0 Å². The third-order valence-corrected chi connectivity index (χ3v) is 9.06. The van der Waals surface area contributed by atoms with Crippen molar-refractivity contribution in [3.63, 3.8) is 0 Å². The van der Waals surface area contributed by atoms with Crippen LogP contribution in [0.3, 0.4) is 0 Å². The number of fused-ring (bicyclic) bond motifs is 2. The lowest BCUT2D eigenvalue weighted by atomic mass is 9.53. The molecule has 6 nitrogen and oxygen atoms in total. The molecule has 29 heavy (non-hydrogen) atoms. The third kappa shape index (κ3) is 2.62. The largest absolute Gasteiger partial charge is 0.349 e. The molecule has 6 aliphatic rings. The van der Waals surface area contributed by atoms with Crippen molar-refractivity contribution in [3.8, 4) is 0 Å². The van der Waals surface area contributed by atoms with Crippen LogP contribution in [-0.2, 0) is 21.5 Å². The van der Waals surface area contributed by atoms with Crippen molar-refractivity contribution < 1.29 is 14.4 Å².